The van der Waals surface area contributed by atoms with Crippen molar-refractivity contribution < 1.29 is 14.7 Å². The van der Waals surface area contributed by atoms with Crippen LogP contribution in [0.3, 0.4) is 0 Å². The molecule has 0 aliphatic carbocycles. The molecule has 1 amide bonds. The van der Waals surface area contributed by atoms with E-state index in [9.17, 15) is 9.59 Å². The fourth-order valence-corrected chi connectivity index (χ4v) is 2.16. The number of hydrogen-bond donors (Lipinski definition) is 1. The molecule has 98 valence electrons. The summed E-state index contributed by atoms with van der Waals surface area (Å²) in [6.45, 7) is 2.00. The van der Waals surface area contributed by atoms with E-state index in [1.54, 1.807) is 7.05 Å². The Labute approximate surface area is 102 Å². The van der Waals surface area contributed by atoms with Gasteiger partial charge in [-0.2, -0.15) is 0 Å². The number of carbonyl (C=O) groups is 2. The molecule has 1 saturated heterocycles. The van der Waals surface area contributed by atoms with Crippen LogP contribution in [0.4, 0.5) is 0 Å². The first kappa shape index (κ1) is 14.0. The number of carbonyl (C=O) groups excluding carboxylic acids is 1. The lowest BCUT2D eigenvalue weighted by atomic mass is 9.92. The number of piperidine rings is 1. The van der Waals surface area contributed by atoms with Crippen LogP contribution in [0.15, 0.2) is 0 Å². The van der Waals surface area contributed by atoms with Gasteiger partial charge in [-0.3, -0.25) is 9.59 Å². The number of carboxylic acids is 1. The van der Waals surface area contributed by atoms with E-state index < -0.39 is 5.97 Å². The minimum absolute atomic E-state index is 0.0636. The fourth-order valence-electron chi connectivity index (χ4n) is 2.16. The molecule has 0 radical (unpaired) electrons. The zero-order chi connectivity index (χ0) is 12.8. The van der Waals surface area contributed by atoms with Gasteiger partial charge >= 0.3 is 5.97 Å². The molecule has 0 aromatic rings. The number of aliphatic carboxylic acids is 1. The Balaban J connectivity index is 2.21. The lowest BCUT2D eigenvalue weighted by Crippen LogP contribution is -2.33. The van der Waals surface area contributed by atoms with Crippen molar-refractivity contribution in [2.75, 3.05) is 33.7 Å². The van der Waals surface area contributed by atoms with E-state index in [1.807, 2.05) is 0 Å². The van der Waals surface area contributed by atoms with Crippen molar-refractivity contribution in [3.8, 4) is 0 Å². The number of carboxylic acid groups (broad SMARTS) is 1. The molecule has 0 unspecified atom stereocenters. The van der Waals surface area contributed by atoms with Gasteiger partial charge in [-0.25, -0.2) is 0 Å². The minimum Gasteiger partial charge on any atom is -0.480 e. The van der Waals surface area contributed by atoms with Crippen LogP contribution in [-0.2, 0) is 9.59 Å². The summed E-state index contributed by atoms with van der Waals surface area (Å²) in [6.07, 6.45) is 3.65. The Morgan fingerprint density at radius 1 is 1.35 bits per heavy atom. The van der Waals surface area contributed by atoms with Crippen LogP contribution in [0.1, 0.15) is 25.7 Å². The van der Waals surface area contributed by atoms with Gasteiger partial charge in [-0.15, -0.1) is 0 Å². The van der Waals surface area contributed by atoms with E-state index in [1.165, 1.54) is 4.90 Å². The van der Waals surface area contributed by atoms with Gasteiger partial charge in [0.05, 0.1) is 0 Å². The third kappa shape index (κ3) is 5.17. The minimum atomic E-state index is -0.958. The molecule has 1 N–H and O–H groups in total. The Kier molecular flexibility index (Phi) is 5.41. The van der Waals surface area contributed by atoms with Crippen LogP contribution >= 0.6 is 0 Å². The average molecular weight is 242 g/mol. The molecular formula is C12H22N2O3. The first-order valence-electron chi connectivity index (χ1n) is 6.13. The summed E-state index contributed by atoms with van der Waals surface area (Å²) in [5.74, 6) is -0.403. The number of amides is 1. The molecule has 17 heavy (non-hydrogen) atoms. The summed E-state index contributed by atoms with van der Waals surface area (Å²) in [7, 11) is 3.66. The van der Waals surface area contributed by atoms with E-state index >= 15 is 0 Å². The average Bonchev–Trinajstić information content (AvgIpc) is 2.27. The maximum atomic E-state index is 11.6. The SMILES string of the molecule is CN1CCC(CCC(=O)N(C)CC(=O)O)CC1. The Morgan fingerprint density at radius 3 is 2.47 bits per heavy atom. The first-order chi connectivity index (χ1) is 7.99. The third-order valence-electron chi connectivity index (χ3n) is 3.40. The van der Waals surface area contributed by atoms with Crippen molar-refractivity contribution in [3.05, 3.63) is 0 Å². The molecule has 1 rings (SSSR count). The molecule has 0 saturated carbocycles. The number of rotatable bonds is 5. The molecule has 0 aromatic heterocycles. The van der Waals surface area contributed by atoms with E-state index in [2.05, 4.69) is 11.9 Å². The summed E-state index contributed by atoms with van der Waals surface area (Å²) in [5.41, 5.74) is 0. The summed E-state index contributed by atoms with van der Waals surface area (Å²) < 4.78 is 0. The van der Waals surface area contributed by atoms with Crippen LogP contribution < -0.4 is 0 Å². The lowest BCUT2D eigenvalue weighted by molar-refractivity contribution is -0.143. The van der Waals surface area contributed by atoms with Gasteiger partial charge in [0.15, 0.2) is 0 Å². The number of likely N-dealkylation sites (tertiary alicyclic amines) is 1. The zero-order valence-corrected chi connectivity index (χ0v) is 10.7. The Morgan fingerprint density at radius 2 is 1.94 bits per heavy atom. The van der Waals surface area contributed by atoms with Crippen LogP contribution in [-0.4, -0.2) is 60.5 Å². The van der Waals surface area contributed by atoms with Gasteiger partial charge in [-0.05, 0) is 45.3 Å². The smallest absolute Gasteiger partial charge is 0.323 e. The van der Waals surface area contributed by atoms with Gasteiger partial charge in [0, 0.05) is 13.5 Å². The van der Waals surface area contributed by atoms with Gasteiger partial charge < -0.3 is 14.9 Å². The number of likely N-dealkylation sites (N-methyl/N-ethyl adjacent to an activating group) is 1. The van der Waals surface area contributed by atoms with Crippen molar-refractivity contribution >= 4 is 11.9 Å². The van der Waals surface area contributed by atoms with E-state index in [0.717, 1.165) is 32.4 Å². The van der Waals surface area contributed by atoms with Gasteiger partial charge in [0.2, 0.25) is 5.91 Å². The molecule has 0 atom stereocenters. The fraction of sp³-hybridized carbons (Fsp3) is 0.833. The zero-order valence-electron chi connectivity index (χ0n) is 10.7. The van der Waals surface area contributed by atoms with E-state index in [-0.39, 0.29) is 12.5 Å². The van der Waals surface area contributed by atoms with E-state index in [0.29, 0.717) is 12.3 Å². The van der Waals surface area contributed by atoms with Crippen molar-refractivity contribution in [1.82, 2.24) is 9.80 Å². The quantitative estimate of drug-likeness (QED) is 0.769. The second-order valence-electron chi connectivity index (χ2n) is 4.93. The molecule has 0 aromatic carbocycles. The standard InChI is InChI=1S/C12H22N2O3/c1-13-7-5-10(6-8-13)3-4-11(15)14(2)9-12(16)17/h10H,3-9H2,1-2H3,(H,16,17). The number of hydrogen-bond acceptors (Lipinski definition) is 3. The van der Waals surface area contributed by atoms with Crippen LogP contribution in [0.25, 0.3) is 0 Å². The predicted octanol–water partition coefficient (Wildman–Crippen LogP) is 0.651. The monoisotopic (exact) mass is 242 g/mol. The second-order valence-corrected chi connectivity index (χ2v) is 4.93. The highest BCUT2D eigenvalue weighted by molar-refractivity contribution is 5.80. The molecule has 0 spiro atoms. The van der Waals surface area contributed by atoms with Crippen molar-refractivity contribution in [2.24, 2.45) is 5.92 Å². The van der Waals surface area contributed by atoms with Crippen molar-refractivity contribution in [2.45, 2.75) is 25.7 Å². The summed E-state index contributed by atoms with van der Waals surface area (Å²) >= 11 is 0. The summed E-state index contributed by atoms with van der Waals surface area (Å²) in [5, 5.41) is 8.58. The lowest BCUT2D eigenvalue weighted by Gasteiger charge is -2.29. The molecule has 1 aliphatic heterocycles. The predicted molar refractivity (Wildman–Crippen MR) is 64.7 cm³/mol. The molecule has 1 heterocycles. The molecule has 0 bridgehead atoms. The summed E-state index contributed by atoms with van der Waals surface area (Å²) in [4.78, 5) is 25.7. The maximum Gasteiger partial charge on any atom is 0.323 e. The van der Waals surface area contributed by atoms with Crippen LogP contribution in [0.5, 0.6) is 0 Å². The highest BCUT2D eigenvalue weighted by Crippen LogP contribution is 2.21. The van der Waals surface area contributed by atoms with Crippen molar-refractivity contribution in [1.29, 1.82) is 0 Å². The second kappa shape index (κ2) is 6.59. The highest BCUT2D eigenvalue weighted by Gasteiger charge is 2.19. The van der Waals surface area contributed by atoms with Crippen LogP contribution in [0.2, 0.25) is 0 Å². The largest absolute Gasteiger partial charge is 0.480 e. The summed E-state index contributed by atoms with van der Waals surface area (Å²) in [6, 6.07) is 0. The molecule has 1 aliphatic rings. The van der Waals surface area contributed by atoms with E-state index in [4.69, 9.17) is 5.11 Å². The Bertz CT molecular complexity index is 273. The molecule has 5 nitrogen and oxygen atoms in total. The van der Waals surface area contributed by atoms with Gasteiger partial charge in [0.1, 0.15) is 6.54 Å². The maximum absolute atomic E-state index is 11.6. The van der Waals surface area contributed by atoms with Gasteiger partial charge in [-0.1, -0.05) is 0 Å². The van der Waals surface area contributed by atoms with Gasteiger partial charge in [0.25, 0.3) is 0 Å². The third-order valence-corrected chi connectivity index (χ3v) is 3.40. The molecule has 1 fully saturated rings. The molecular weight excluding hydrogens is 220 g/mol. The Hall–Kier alpha value is -1.10. The highest BCUT2D eigenvalue weighted by atomic mass is 16.4. The van der Waals surface area contributed by atoms with Crippen LogP contribution in [0, 0.1) is 5.92 Å². The normalized spacial score (nSPS) is 18.0. The van der Waals surface area contributed by atoms with Crippen molar-refractivity contribution in [3.63, 3.8) is 0 Å². The number of nitrogens with zero attached hydrogens (tertiary/aromatic N) is 2. The first-order valence-corrected chi connectivity index (χ1v) is 6.13. The topological polar surface area (TPSA) is 60.9 Å². The molecule has 5 heteroatoms.